The number of carbonyl (C=O) groups excluding carboxylic acids is 1. The first-order valence-electron chi connectivity index (χ1n) is 5.27. The fourth-order valence-electron chi connectivity index (χ4n) is 1.56. The van der Waals surface area contributed by atoms with Crippen LogP contribution >= 0.6 is 50.5 Å². The van der Waals surface area contributed by atoms with Crippen LogP contribution < -0.4 is 4.74 Å². The Morgan fingerprint density at radius 3 is 2.47 bits per heavy atom. The lowest BCUT2D eigenvalue weighted by Gasteiger charge is -2.07. The van der Waals surface area contributed by atoms with Gasteiger partial charge in [-0.2, -0.15) is 0 Å². The van der Waals surface area contributed by atoms with Crippen LogP contribution in [0.15, 0.2) is 22.0 Å². The Labute approximate surface area is 133 Å². The van der Waals surface area contributed by atoms with E-state index in [0.29, 0.717) is 26.2 Å². The van der Waals surface area contributed by atoms with Gasteiger partial charge in [-0.15, -0.1) is 11.3 Å². The molecule has 0 spiro atoms. The van der Waals surface area contributed by atoms with Crippen molar-refractivity contribution in [1.82, 2.24) is 0 Å². The third-order valence-electron chi connectivity index (χ3n) is 2.57. The molecule has 6 heteroatoms. The molecule has 0 aliphatic heterocycles. The van der Waals surface area contributed by atoms with Crippen molar-refractivity contribution in [1.29, 1.82) is 0 Å². The van der Waals surface area contributed by atoms with Crippen LogP contribution in [0, 0.1) is 6.92 Å². The number of benzene rings is 1. The zero-order chi connectivity index (χ0) is 14.2. The Hall–Kier alpha value is -0.550. The van der Waals surface area contributed by atoms with E-state index in [1.807, 2.05) is 13.0 Å². The van der Waals surface area contributed by atoms with E-state index in [2.05, 4.69) is 15.9 Å². The molecule has 0 N–H and O–H groups in total. The molecule has 0 bridgehead atoms. The second-order valence-electron chi connectivity index (χ2n) is 3.86. The van der Waals surface area contributed by atoms with Gasteiger partial charge in [0.25, 0.3) is 0 Å². The number of halogens is 3. The molecule has 0 saturated heterocycles. The number of rotatable bonds is 3. The fraction of sp³-hybridized carbons (Fsp3) is 0.154. The van der Waals surface area contributed by atoms with E-state index in [0.717, 1.165) is 9.35 Å². The Morgan fingerprint density at radius 2 is 1.95 bits per heavy atom. The summed E-state index contributed by atoms with van der Waals surface area (Å²) in [5.74, 6) is 0.306. The molecule has 1 aromatic heterocycles. The second-order valence-corrected chi connectivity index (χ2v) is 7.05. The summed E-state index contributed by atoms with van der Waals surface area (Å²) >= 11 is 16.9. The molecule has 2 nitrogen and oxygen atoms in total. The molecule has 0 atom stereocenters. The summed E-state index contributed by atoms with van der Waals surface area (Å²) in [5, 5.41) is 0.691. The molecule has 0 aliphatic carbocycles. The van der Waals surface area contributed by atoms with E-state index in [-0.39, 0.29) is 5.78 Å². The number of thiophene rings is 1. The van der Waals surface area contributed by atoms with Crippen LogP contribution in [0.3, 0.4) is 0 Å². The van der Waals surface area contributed by atoms with Crippen molar-refractivity contribution in [2.75, 3.05) is 7.11 Å². The van der Waals surface area contributed by atoms with Gasteiger partial charge < -0.3 is 4.74 Å². The van der Waals surface area contributed by atoms with Crippen molar-refractivity contribution in [2.45, 2.75) is 6.92 Å². The van der Waals surface area contributed by atoms with Gasteiger partial charge in [-0.3, -0.25) is 4.79 Å². The molecule has 0 aliphatic rings. The number of hydrogen-bond acceptors (Lipinski definition) is 3. The van der Waals surface area contributed by atoms with Crippen LogP contribution in [0.25, 0.3) is 0 Å². The van der Waals surface area contributed by atoms with Gasteiger partial charge in [0.1, 0.15) is 5.75 Å². The maximum Gasteiger partial charge on any atom is 0.204 e. The predicted molar refractivity (Wildman–Crippen MR) is 83.2 cm³/mol. The second kappa shape index (κ2) is 5.83. The van der Waals surface area contributed by atoms with E-state index < -0.39 is 0 Å². The Balaban J connectivity index is 2.47. The summed E-state index contributed by atoms with van der Waals surface area (Å²) in [6.45, 7) is 1.93. The van der Waals surface area contributed by atoms with Crippen molar-refractivity contribution in [3.8, 4) is 5.75 Å². The SMILES string of the molecule is COc1cc(Cl)c(C(=O)c2cc(C)c(Br)s2)cc1Cl. The lowest BCUT2D eigenvalue weighted by atomic mass is 10.1. The maximum atomic E-state index is 12.4. The predicted octanol–water partition coefficient (Wildman–Crippen LogP) is 5.37. The zero-order valence-electron chi connectivity index (χ0n) is 10.1. The van der Waals surface area contributed by atoms with Crippen molar-refractivity contribution in [2.24, 2.45) is 0 Å². The van der Waals surface area contributed by atoms with Gasteiger partial charge in [0.15, 0.2) is 0 Å². The highest BCUT2D eigenvalue weighted by Crippen LogP contribution is 2.34. The molecule has 0 unspecified atom stereocenters. The number of ether oxygens (including phenoxy) is 1. The van der Waals surface area contributed by atoms with Crippen LogP contribution in [0.5, 0.6) is 5.75 Å². The standard InChI is InChI=1S/C13H9BrCl2O2S/c1-6-3-11(19-13(6)14)12(17)7-4-9(16)10(18-2)5-8(7)15/h3-5H,1-2H3. The van der Waals surface area contributed by atoms with Gasteiger partial charge in [0.05, 0.1) is 25.8 Å². The Kier molecular flexibility index (Phi) is 4.56. The molecule has 0 saturated carbocycles. The van der Waals surface area contributed by atoms with E-state index in [9.17, 15) is 4.79 Å². The van der Waals surface area contributed by atoms with Crippen molar-refractivity contribution in [3.63, 3.8) is 0 Å². The highest BCUT2D eigenvalue weighted by Gasteiger charge is 2.18. The average molecular weight is 380 g/mol. The van der Waals surface area contributed by atoms with Crippen LogP contribution in [-0.2, 0) is 0 Å². The number of ketones is 1. The van der Waals surface area contributed by atoms with E-state index in [1.54, 1.807) is 6.07 Å². The maximum absolute atomic E-state index is 12.4. The summed E-state index contributed by atoms with van der Waals surface area (Å²) in [5.41, 5.74) is 1.39. The molecule has 0 radical (unpaired) electrons. The Bertz CT molecular complexity index is 633. The summed E-state index contributed by atoms with van der Waals surface area (Å²) < 4.78 is 5.99. The van der Waals surface area contributed by atoms with Gasteiger partial charge in [-0.25, -0.2) is 0 Å². The first-order chi connectivity index (χ1) is 8.93. The number of carbonyl (C=O) groups is 1. The number of aryl methyl sites for hydroxylation is 1. The van der Waals surface area contributed by atoms with Crippen molar-refractivity contribution in [3.05, 3.63) is 48.0 Å². The lowest BCUT2D eigenvalue weighted by Crippen LogP contribution is -2.00. The molecule has 0 fully saturated rings. The zero-order valence-corrected chi connectivity index (χ0v) is 14.0. The fourth-order valence-corrected chi connectivity index (χ4v) is 3.53. The van der Waals surface area contributed by atoms with E-state index in [1.165, 1.54) is 24.5 Å². The topological polar surface area (TPSA) is 26.3 Å². The van der Waals surface area contributed by atoms with Gasteiger partial charge in [0, 0.05) is 11.6 Å². The third-order valence-corrected chi connectivity index (χ3v) is 5.31. The molecule has 1 aromatic carbocycles. The molecule has 19 heavy (non-hydrogen) atoms. The quantitative estimate of drug-likeness (QED) is 0.670. The largest absolute Gasteiger partial charge is 0.495 e. The summed E-state index contributed by atoms with van der Waals surface area (Å²) in [7, 11) is 1.50. The van der Waals surface area contributed by atoms with Gasteiger partial charge in [0.2, 0.25) is 5.78 Å². The summed E-state index contributed by atoms with van der Waals surface area (Å²) in [6, 6.07) is 4.91. The molecule has 2 aromatic rings. The first-order valence-corrected chi connectivity index (χ1v) is 7.64. The third kappa shape index (κ3) is 2.97. The molecular weight excluding hydrogens is 371 g/mol. The van der Waals surface area contributed by atoms with E-state index in [4.69, 9.17) is 27.9 Å². The molecule has 1 heterocycles. The lowest BCUT2D eigenvalue weighted by molar-refractivity contribution is 0.104. The normalized spacial score (nSPS) is 10.6. The van der Waals surface area contributed by atoms with E-state index >= 15 is 0 Å². The molecule has 0 amide bonds. The highest BCUT2D eigenvalue weighted by atomic mass is 79.9. The first kappa shape index (κ1) is 14.9. The van der Waals surface area contributed by atoms with Crippen molar-refractivity contribution >= 4 is 56.3 Å². The van der Waals surface area contributed by atoms with Crippen LogP contribution in [0.2, 0.25) is 10.0 Å². The number of hydrogen-bond donors (Lipinski definition) is 0. The Morgan fingerprint density at radius 1 is 1.26 bits per heavy atom. The van der Waals surface area contributed by atoms with Gasteiger partial charge in [-0.05, 0) is 40.5 Å². The van der Waals surface area contributed by atoms with Crippen LogP contribution in [0.1, 0.15) is 20.8 Å². The smallest absolute Gasteiger partial charge is 0.204 e. The van der Waals surface area contributed by atoms with Crippen molar-refractivity contribution < 1.29 is 9.53 Å². The van der Waals surface area contributed by atoms with Gasteiger partial charge in [-0.1, -0.05) is 23.2 Å². The molecule has 2 rings (SSSR count). The highest BCUT2D eigenvalue weighted by molar-refractivity contribution is 9.11. The number of methoxy groups -OCH3 is 1. The minimum atomic E-state index is -0.145. The molecular formula is C13H9BrCl2O2S. The minimum absolute atomic E-state index is 0.145. The summed E-state index contributed by atoms with van der Waals surface area (Å²) in [4.78, 5) is 13.0. The molecule has 100 valence electrons. The monoisotopic (exact) mass is 378 g/mol. The van der Waals surface area contributed by atoms with Gasteiger partial charge >= 0.3 is 0 Å². The minimum Gasteiger partial charge on any atom is -0.495 e. The van der Waals surface area contributed by atoms with Crippen LogP contribution in [-0.4, -0.2) is 12.9 Å². The summed E-state index contributed by atoms with van der Waals surface area (Å²) in [6.07, 6.45) is 0. The van der Waals surface area contributed by atoms with Crippen LogP contribution in [0.4, 0.5) is 0 Å². The average Bonchev–Trinajstić information content (AvgIpc) is 2.71.